The Morgan fingerprint density at radius 3 is 2.69 bits per heavy atom. The number of hydrogen-bond donors (Lipinski definition) is 2. The molecule has 1 amide bonds. The number of ether oxygens (including phenoxy) is 2. The van der Waals surface area contributed by atoms with E-state index in [1.807, 2.05) is 41.3 Å². The number of anilines is 1. The summed E-state index contributed by atoms with van der Waals surface area (Å²) in [6.07, 6.45) is -4.12. The van der Waals surface area contributed by atoms with Gasteiger partial charge in [-0.15, -0.1) is 10.7 Å². The fourth-order valence-electron chi connectivity index (χ4n) is 4.90. The highest BCUT2D eigenvalue weighted by Crippen LogP contribution is 2.43. The molecule has 2 N–H and O–H groups in total. The SMILES string of the molecule is CCOC(=O)N1c2ccc(C(F)(F)F)cc2[C@@H](N=C2NNN(CC3CO3)N2Cc2cccc(Br)c2)C[C@H]1CC. The first kappa shape index (κ1) is 27.7. The lowest BCUT2D eigenvalue weighted by atomic mass is 9.89. The third kappa shape index (κ3) is 6.16. The van der Waals surface area contributed by atoms with Gasteiger partial charge in [0.05, 0.1) is 49.7 Å². The van der Waals surface area contributed by atoms with Crippen LogP contribution in [0.2, 0.25) is 0 Å². The second kappa shape index (κ2) is 11.3. The average molecular weight is 611 g/mol. The van der Waals surface area contributed by atoms with E-state index >= 15 is 0 Å². The summed E-state index contributed by atoms with van der Waals surface area (Å²) in [5, 5.41) is 3.77. The first-order valence-electron chi connectivity index (χ1n) is 12.9. The Labute approximate surface area is 233 Å². The molecule has 0 aliphatic carbocycles. The van der Waals surface area contributed by atoms with Gasteiger partial charge in [0.15, 0.2) is 0 Å². The first-order valence-corrected chi connectivity index (χ1v) is 13.6. The summed E-state index contributed by atoms with van der Waals surface area (Å²) in [5.74, 6) is 0.462. The van der Waals surface area contributed by atoms with Crippen molar-refractivity contribution in [3.05, 3.63) is 63.6 Å². The monoisotopic (exact) mass is 610 g/mol. The topological polar surface area (TPSA) is 85.0 Å². The van der Waals surface area contributed by atoms with Crippen molar-refractivity contribution in [1.29, 1.82) is 0 Å². The summed E-state index contributed by atoms with van der Waals surface area (Å²) in [4.78, 5) is 19.3. The number of aliphatic imine (C=N–C) groups is 1. The summed E-state index contributed by atoms with van der Waals surface area (Å²) < 4.78 is 52.8. The van der Waals surface area contributed by atoms with E-state index in [-0.39, 0.29) is 18.8 Å². The van der Waals surface area contributed by atoms with Crippen LogP contribution in [-0.4, -0.2) is 54.1 Å². The van der Waals surface area contributed by atoms with E-state index in [1.165, 1.54) is 11.0 Å². The molecule has 210 valence electrons. The number of hydrogen-bond acceptors (Lipinski definition) is 6. The van der Waals surface area contributed by atoms with E-state index in [0.29, 0.717) is 49.7 Å². The van der Waals surface area contributed by atoms with E-state index in [1.54, 1.807) is 6.92 Å². The molecule has 39 heavy (non-hydrogen) atoms. The lowest BCUT2D eigenvalue weighted by molar-refractivity contribution is -0.137. The third-order valence-electron chi connectivity index (χ3n) is 6.88. The van der Waals surface area contributed by atoms with Crippen LogP contribution >= 0.6 is 15.9 Å². The predicted molar refractivity (Wildman–Crippen MR) is 142 cm³/mol. The van der Waals surface area contributed by atoms with Crippen molar-refractivity contribution in [3.8, 4) is 0 Å². The number of hydrazine groups is 3. The molecule has 2 saturated heterocycles. The molecule has 0 saturated carbocycles. The van der Waals surface area contributed by atoms with Crippen molar-refractivity contribution in [3.63, 3.8) is 0 Å². The highest BCUT2D eigenvalue weighted by molar-refractivity contribution is 9.10. The molecule has 1 unspecified atom stereocenters. The highest BCUT2D eigenvalue weighted by Gasteiger charge is 2.40. The normalized spacial score (nSPS) is 24.1. The Morgan fingerprint density at radius 1 is 1.23 bits per heavy atom. The third-order valence-corrected chi connectivity index (χ3v) is 7.37. The van der Waals surface area contributed by atoms with Gasteiger partial charge in [-0.25, -0.2) is 9.79 Å². The van der Waals surface area contributed by atoms with Gasteiger partial charge >= 0.3 is 12.3 Å². The van der Waals surface area contributed by atoms with Crippen LogP contribution in [0.15, 0.2) is 51.9 Å². The molecular formula is C26H30BrF3N6O3. The molecule has 0 aromatic heterocycles. The van der Waals surface area contributed by atoms with Crippen molar-refractivity contribution in [1.82, 2.24) is 21.1 Å². The number of nitrogens with zero attached hydrogens (tertiary/aromatic N) is 4. The van der Waals surface area contributed by atoms with E-state index in [4.69, 9.17) is 14.5 Å². The van der Waals surface area contributed by atoms with Crippen LogP contribution in [0.4, 0.5) is 23.7 Å². The number of fused-ring (bicyclic) bond motifs is 1. The van der Waals surface area contributed by atoms with Gasteiger partial charge in [0, 0.05) is 16.1 Å². The van der Waals surface area contributed by atoms with Crippen molar-refractivity contribution in [2.24, 2.45) is 4.99 Å². The van der Waals surface area contributed by atoms with Gasteiger partial charge in [-0.2, -0.15) is 13.2 Å². The molecule has 2 aromatic rings. The van der Waals surface area contributed by atoms with Crippen LogP contribution < -0.4 is 15.9 Å². The van der Waals surface area contributed by atoms with Crippen LogP contribution in [0.3, 0.4) is 0 Å². The number of amides is 1. The number of halogens is 4. The zero-order valence-electron chi connectivity index (χ0n) is 21.5. The van der Waals surface area contributed by atoms with Crippen LogP contribution in [0, 0.1) is 0 Å². The van der Waals surface area contributed by atoms with Crippen molar-refractivity contribution >= 4 is 33.7 Å². The first-order chi connectivity index (χ1) is 18.7. The number of epoxide rings is 1. The van der Waals surface area contributed by atoms with Crippen molar-refractivity contribution in [2.75, 3.05) is 24.7 Å². The molecule has 2 fully saturated rings. The Bertz CT molecular complexity index is 1240. The molecule has 5 rings (SSSR count). The molecule has 0 bridgehead atoms. The largest absolute Gasteiger partial charge is 0.449 e. The van der Waals surface area contributed by atoms with E-state index in [0.717, 1.165) is 22.2 Å². The predicted octanol–water partition coefficient (Wildman–Crippen LogP) is 5.15. The molecule has 13 heteroatoms. The van der Waals surface area contributed by atoms with Gasteiger partial charge in [0.25, 0.3) is 0 Å². The van der Waals surface area contributed by atoms with Gasteiger partial charge < -0.3 is 9.47 Å². The second-order valence-electron chi connectivity index (χ2n) is 9.57. The minimum Gasteiger partial charge on any atom is -0.449 e. The average Bonchev–Trinajstić information content (AvgIpc) is 3.65. The minimum atomic E-state index is -4.54. The summed E-state index contributed by atoms with van der Waals surface area (Å²) >= 11 is 3.51. The second-order valence-corrected chi connectivity index (χ2v) is 10.5. The van der Waals surface area contributed by atoms with Crippen LogP contribution in [0.1, 0.15) is 49.4 Å². The molecule has 0 radical (unpaired) electrons. The lowest BCUT2D eigenvalue weighted by Gasteiger charge is -2.39. The number of nitrogens with one attached hydrogen (secondary N) is 2. The highest BCUT2D eigenvalue weighted by atomic mass is 79.9. The van der Waals surface area contributed by atoms with Gasteiger partial charge in [-0.3, -0.25) is 15.3 Å². The Hall–Kier alpha value is -2.87. The molecule has 3 aliphatic heterocycles. The number of carbonyl (C=O) groups excluding carboxylic acids is 1. The van der Waals surface area contributed by atoms with Crippen LogP contribution in [-0.2, 0) is 22.2 Å². The van der Waals surface area contributed by atoms with Gasteiger partial charge in [-0.05, 0) is 55.7 Å². The number of guanidine groups is 1. The zero-order chi connectivity index (χ0) is 27.7. The van der Waals surface area contributed by atoms with E-state index < -0.39 is 23.9 Å². The van der Waals surface area contributed by atoms with Gasteiger partial charge in [-0.1, -0.05) is 35.0 Å². The Morgan fingerprint density at radius 2 is 2.03 bits per heavy atom. The summed E-state index contributed by atoms with van der Waals surface area (Å²) in [5.41, 5.74) is 7.11. The van der Waals surface area contributed by atoms with E-state index in [9.17, 15) is 18.0 Å². The molecule has 9 nitrogen and oxygen atoms in total. The summed E-state index contributed by atoms with van der Waals surface area (Å²) in [6.45, 7) is 5.47. The number of carbonyl (C=O) groups is 1. The number of alkyl halides is 3. The fraction of sp³-hybridized carbons (Fsp3) is 0.462. The smallest absolute Gasteiger partial charge is 0.416 e. The molecule has 3 heterocycles. The maximum atomic E-state index is 13.7. The molecule has 0 spiro atoms. The molecular weight excluding hydrogens is 581 g/mol. The maximum absolute atomic E-state index is 13.7. The van der Waals surface area contributed by atoms with E-state index in [2.05, 4.69) is 26.9 Å². The lowest BCUT2D eigenvalue weighted by Crippen LogP contribution is -2.46. The number of benzene rings is 2. The maximum Gasteiger partial charge on any atom is 0.416 e. The Kier molecular flexibility index (Phi) is 8.04. The van der Waals surface area contributed by atoms with Crippen molar-refractivity contribution < 1.29 is 27.4 Å². The van der Waals surface area contributed by atoms with Gasteiger partial charge in [0.2, 0.25) is 5.96 Å². The molecule has 3 atom stereocenters. The van der Waals surface area contributed by atoms with Crippen LogP contribution in [0.5, 0.6) is 0 Å². The van der Waals surface area contributed by atoms with Crippen molar-refractivity contribution in [2.45, 2.75) is 57.6 Å². The standard InChI is InChI=1S/C26H30BrF3N6O3/c1-3-19-12-22(21-11-17(26(28,29)30)8-9-23(21)36(19)25(37)38-4-2)31-24-32-33-35(14-20-15-39-20)34(24)13-16-6-5-7-18(27)10-16/h5-11,19-20,22,33H,3-4,12-15H2,1-2H3,(H,31,32)/t19-,20?,22+/m1/s1. The minimum absolute atomic E-state index is 0.0796. The zero-order valence-corrected chi connectivity index (χ0v) is 23.1. The summed E-state index contributed by atoms with van der Waals surface area (Å²) in [7, 11) is 0. The van der Waals surface area contributed by atoms with Crippen LogP contribution in [0.25, 0.3) is 0 Å². The fourth-order valence-corrected chi connectivity index (χ4v) is 5.34. The summed E-state index contributed by atoms with van der Waals surface area (Å²) in [6, 6.07) is 10.4. The quantitative estimate of drug-likeness (QED) is 0.419. The Balaban J connectivity index is 1.54. The molecule has 2 aromatic carbocycles. The number of rotatable bonds is 7. The molecule has 3 aliphatic rings. The van der Waals surface area contributed by atoms with Gasteiger partial charge in [0.1, 0.15) is 0 Å².